The van der Waals surface area contributed by atoms with Gasteiger partial charge < -0.3 is 9.15 Å². The lowest BCUT2D eigenvalue weighted by Crippen LogP contribution is -2.31. The van der Waals surface area contributed by atoms with Crippen LogP contribution < -0.4 is 10.4 Å². The molecule has 3 aromatic rings. The van der Waals surface area contributed by atoms with Gasteiger partial charge in [0.05, 0.1) is 15.6 Å². The number of aryl methyl sites for hydroxylation is 1. The van der Waals surface area contributed by atoms with E-state index in [0.717, 1.165) is 52.7 Å². The van der Waals surface area contributed by atoms with Gasteiger partial charge in [0.1, 0.15) is 18.1 Å². The molecule has 2 aromatic carbocycles. The third-order valence-electron chi connectivity index (χ3n) is 5.38. The SMILES string of the molecule is O=c1oc2c3c(ccc2c2c1CCC2)OCN(Cc1ccc(Cl)c(Cl)c1)C3. The van der Waals surface area contributed by atoms with Crippen LogP contribution in [-0.2, 0) is 25.9 Å². The first-order chi connectivity index (χ1) is 13.1. The predicted octanol–water partition coefficient (Wildman–Crippen LogP) is 4.94. The average molecular weight is 402 g/mol. The number of benzene rings is 2. The Labute approximate surface area is 166 Å². The second-order valence-electron chi connectivity index (χ2n) is 7.13. The third kappa shape index (κ3) is 2.92. The highest BCUT2D eigenvalue weighted by atomic mass is 35.5. The van der Waals surface area contributed by atoms with Crippen molar-refractivity contribution in [3.8, 4) is 5.75 Å². The minimum Gasteiger partial charge on any atom is -0.478 e. The standard InChI is InChI=1S/C21H17Cl2NO3/c22-17-6-4-12(8-18(17)23)9-24-10-16-19(26-11-24)7-5-14-13-2-1-3-15(13)21(25)27-20(14)16/h4-8H,1-3,9-11H2. The number of halogens is 2. The molecule has 0 unspecified atom stereocenters. The number of fused-ring (bicyclic) bond motifs is 5. The molecule has 0 radical (unpaired) electrons. The molecule has 1 aromatic heterocycles. The molecule has 0 atom stereocenters. The number of ether oxygens (including phenoxy) is 1. The summed E-state index contributed by atoms with van der Waals surface area (Å²) in [5.41, 5.74) is 4.43. The van der Waals surface area contributed by atoms with E-state index in [1.54, 1.807) is 6.07 Å². The van der Waals surface area contributed by atoms with E-state index in [1.165, 1.54) is 0 Å². The van der Waals surface area contributed by atoms with E-state index >= 15 is 0 Å². The zero-order valence-corrected chi connectivity index (χ0v) is 16.1. The fourth-order valence-electron chi connectivity index (χ4n) is 4.10. The quantitative estimate of drug-likeness (QED) is 0.570. The van der Waals surface area contributed by atoms with Crippen LogP contribution in [0.2, 0.25) is 10.0 Å². The second-order valence-corrected chi connectivity index (χ2v) is 7.94. The zero-order chi connectivity index (χ0) is 18.5. The lowest BCUT2D eigenvalue weighted by Gasteiger charge is -2.29. The fourth-order valence-corrected chi connectivity index (χ4v) is 4.42. The maximum Gasteiger partial charge on any atom is 0.339 e. The molecular weight excluding hydrogens is 385 g/mol. The maximum atomic E-state index is 12.4. The van der Waals surface area contributed by atoms with E-state index in [4.69, 9.17) is 32.4 Å². The van der Waals surface area contributed by atoms with Crippen LogP contribution in [0.5, 0.6) is 5.75 Å². The van der Waals surface area contributed by atoms with E-state index in [9.17, 15) is 4.79 Å². The van der Waals surface area contributed by atoms with Crippen LogP contribution in [-0.4, -0.2) is 11.6 Å². The minimum atomic E-state index is -0.204. The van der Waals surface area contributed by atoms with Crippen molar-refractivity contribution >= 4 is 34.2 Å². The summed E-state index contributed by atoms with van der Waals surface area (Å²) in [6.07, 6.45) is 2.75. The van der Waals surface area contributed by atoms with Crippen molar-refractivity contribution in [1.29, 1.82) is 0 Å². The van der Waals surface area contributed by atoms with Crippen molar-refractivity contribution in [3.63, 3.8) is 0 Å². The molecule has 27 heavy (non-hydrogen) atoms. The average Bonchev–Trinajstić information content (AvgIpc) is 3.16. The number of hydrogen-bond donors (Lipinski definition) is 0. The van der Waals surface area contributed by atoms with E-state index in [1.807, 2.05) is 24.3 Å². The highest BCUT2D eigenvalue weighted by Gasteiger charge is 2.26. The minimum absolute atomic E-state index is 0.204. The molecule has 2 aliphatic rings. The van der Waals surface area contributed by atoms with Gasteiger partial charge in [0.15, 0.2) is 0 Å². The normalized spacial score (nSPS) is 16.2. The van der Waals surface area contributed by atoms with Crippen molar-refractivity contribution in [3.05, 3.63) is 73.1 Å². The Balaban J connectivity index is 1.52. The van der Waals surface area contributed by atoms with E-state index in [0.29, 0.717) is 35.4 Å². The van der Waals surface area contributed by atoms with Gasteiger partial charge in [-0.2, -0.15) is 0 Å². The van der Waals surface area contributed by atoms with Crippen LogP contribution in [0.25, 0.3) is 11.0 Å². The van der Waals surface area contributed by atoms with Crippen LogP contribution >= 0.6 is 23.2 Å². The molecule has 138 valence electrons. The Morgan fingerprint density at radius 3 is 2.70 bits per heavy atom. The monoisotopic (exact) mass is 401 g/mol. The highest BCUT2D eigenvalue weighted by Crippen LogP contribution is 2.36. The smallest absolute Gasteiger partial charge is 0.339 e. The van der Waals surface area contributed by atoms with Crippen LogP contribution in [0.15, 0.2) is 39.5 Å². The molecule has 0 bridgehead atoms. The summed E-state index contributed by atoms with van der Waals surface area (Å²) in [5.74, 6) is 0.786. The predicted molar refractivity (Wildman–Crippen MR) is 106 cm³/mol. The second kappa shape index (κ2) is 6.55. The Kier molecular flexibility index (Phi) is 4.15. The molecule has 0 amide bonds. The topological polar surface area (TPSA) is 42.7 Å². The molecule has 5 rings (SSSR count). The summed E-state index contributed by atoms with van der Waals surface area (Å²) in [5, 5.41) is 2.13. The molecule has 4 nitrogen and oxygen atoms in total. The van der Waals surface area contributed by atoms with Crippen LogP contribution in [0.3, 0.4) is 0 Å². The van der Waals surface area contributed by atoms with E-state index in [-0.39, 0.29) is 5.63 Å². The zero-order valence-electron chi connectivity index (χ0n) is 14.6. The van der Waals surface area contributed by atoms with Crippen molar-refractivity contribution < 1.29 is 9.15 Å². The summed E-state index contributed by atoms with van der Waals surface area (Å²) in [6.45, 7) is 1.78. The summed E-state index contributed by atoms with van der Waals surface area (Å²) in [6, 6.07) is 9.65. The number of rotatable bonds is 2. The van der Waals surface area contributed by atoms with Crippen molar-refractivity contribution in [2.45, 2.75) is 32.4 Å². The van der Waals surface area contributed by atoms with Crippen molar-refractivity contribution in [2.75, 3.05) is 6.73 Å². The molecule has 0 saturated heterocycles. The van der Waals surface area contributed by atoms with Crippen LogP contribution in [0.4, 0.5) is 0 Å². The summed E-state index contributed by atoms with van der Waals surface area (Å²) >= 11 is 12.1. The molecule has 0 spiro atoms. The first kappa shape index (κ1) is 17.1. The van der Waals surface area contributed by atoms with Crippen molar-refractivity contribution in [2.24, 2.45) is 0 Å². The largest absolute Gasteiger partial charge is 0.478 e. The van der Waals surface area contributed by atoms with Gasteiger partial charge in [-0.15, -0.1) is 0 Å². The summed E-state index contributed by atoms with van der Waals surface area (Å²) in [4.78, 5) is 14.6. The molecule has 0 N–H and O–H groups in total. The Morgan fingerprint density at radius 1 is 1.00 bits per heavy atom. The Bertz CT molecular complexity index is 1120. The van der Waals surface area contributed by atoms with Crippen LogP contribution in [0.1, 0.15) is 28.7 Å². The van der Waals surface area contributed by atoms with Gasteiger partial charge in [0.25, 0.3) is 0 Å². The molecule has 1 aliphatic heterocycles. The fraction of sp³-hybridized carbons (Fsp3) is 0.286. The van der Waals surface area contributed by atoms with Gasteiger partial charge in [-0.05, 0) is 54.7 Å². The van der Waals surface area contributed by atoms with Gasteiger partial charge in [0, 0.05) is 24.0 Å². The molecule has 1 aliphatic carbocycles. The van der Waals surface area contributed by atoms with Gasteiger partial charge >= 0.3 is 5.63 Å². The Hall–Kier alpha value is -2.01. The van der Waals surface area contributed by atoms with E-state index < -0.39 is 0 Å². The van der Waals surface area contributed by atoms with Gasteiger partial charge in [0.2, 0.25) is 0 Å². The maximum absolute atomic E-state index is 12.4. The highest BCUT2D eigenvalue weighted by molar-refractivity contribution is 6.42. The number of nitrogens with zero attached hydrogens (tertiary/aromatic N) is 1. The molecule has 0 fully saturated rings. The van der Waals surface area contributed by atoms with Crippen molar-refractivity contribution in [1.82, 2.24) is 4.90 Å². The summed E-state index contributed by atoms with van der Waals surface area (Å²) < 4.78 is 11.7. The molecule has 6 heteroatoms. The first-order valence-electron chi connectivity index (χ1n) is 8.99. The lowest BCUT2D eigenvalue weighted by molar-refractivity contribution is 0.0889. The molecule has 0 saturated carbocycles. The third-order valence-corrected chi connectivity index (χ3v) is 6.12. The van der Waals surface area contributed by atoms with Gasteiger partial charge in [-0.25, -0.2) is 4.79 Å². The molecular formula is C21H17Cl2NO3. The lowest BCUT2D eigenvalue weighted by atomic mass is 10.0. The van der Waals surface area contributed by atoms with Gasteiger partial charge in [-0.3, -0.25) is 4.90 Å². The van der Waals surface area contributed by atoms with Gasteiger partial charge in [-0.1, -0.05) is 29.3 Å². The Morgan fingerprint density at radius 2 is 1.85 bits per heavy atom. The van der Waals surface area contributed by atoms with E-state index in [2.05, 4.69) is 4.90 Å². The van der Waals surface area contributed by atoms with Crippen LogP contribution in [0, 0.1) is 0 Å². The first-order valence-corrected chi connectivity index (χ1v) is 9.75. The summed E-state index contributed by atoms with van der Waals surface area (Å²) in [7, 11) is 0. The molecule has 2 heterocycles. The number of hydrogen-bond acceptors (Lipinski definition) is 4.